The van der Waals surface area contributed by atoms with Crippen molar-refractivity contribution in [1.29, 1.82) is 0 Å². The molecule has 40 heavy (non-hydrogen) atoms. The molecule has 0 bridgehead atoms. The van der Waals surface area contributed by atoms with Crippen LogP contribution in [0.4, 0.5) is 23.2 Å². The Morgan fingerprint density at radius 2 is 1.88 bits per heavy atom. The normalized spacial score (nSPS) is 22.7. The predicted octanol–water partition coefficient (Wildman–Crippen LogP) is 1.43. The zero-order valence-electron chi connectivity index (χ0n) is 21.3. The summed E-state index contributed by atoms with van der Waals surface area (Å²) in [6, 6.07) is 3.03. The molecule has 0 unspecified atom stereocenters. The number of anilines is 1. The van der Waals surface area contributed by atoms with Gasteiger partial charge in [-0.05, 0) is 43.5 Å². The summed E-state index contributed by atoms with van der Waals surface area (Å²) in [4.78, 5) is 38.8. The molecule has 16 heteroatoms. The van der Waals surface area contributed by atoms with Gasteiger partial charge < -0.3 is 24.8 Å². The van der Waals surface area contributed by atoms with Crippen LogP contribution in [0.3, 0.4) is 0 Å². The second-order valence-electron chi connectivity index (χ2n) is 10.2. The van der Waals surface area contributed by atoms with Crippen molar-refractivity contribution in [1.82, 2.24) is 19.5 Å². The van der Waals surface area contributed by atoms with E-state index in [2.05, 4.69) is 10.0 Å². The van der Waals surface area contributed by atoms with E-state index in [-0.39, 0.29) is 60.1 Å². The van der Waals surface area contributed by atoms with E-state index in [0.717, 1.165) is 4.90 Å². The van der Waals surface area contributed by atoms with Gasteiger partial charge in [-0.1, -0.05) is 0 Å². The number of hydrogen-bond acceptors (Lipinski definition) is 6. The summed E-state index contributed by atoms with van der Waals surface area (Å²) < 4.78 is 89.3. The lowest BCUT2D eigenvalue weighted by molar-refractivity contribution is -0.172. The quantitative estimate of drug-likeness (QED) is 0.367. The number of fused-ring (bicyclic) bond motifs is 2. The van der Waals surface area contributed by atoms with E-state index in [0.29, 0.717) is 0 Å². The van der Waals surface area contributed by atoms with Crippen LogP contribution in [-0.2, 0) is 26.7 Å². The van der Waals surface area contributed by atoms with E-state index in [4.69, 9.17) is 4.74 Å². The average Bonchev–Trinajstić information content (AvgIpc) is 3.43. The van der Waals surface area contributed by atoms with E-state index in [1.54, 1.807) is 5.32 Å². The zero-order chi connectivity index (χ0) is 29.2. The standard InChI is InChI=1S/C24H25F4N5O6S/c1-12-7-14(3-4-15(12)25)29-20(34)18-19-17(10-32(18)2)40(37,38)31-16-9-33(8-13(16)11-39-19)22(36)21(35)30-23(5-6-23)24(26,27)28/h3-4,7,10,13,16,31H,5-6,8-9,11H2,1-2H3,(H,29,34)(H,30,35)/t13-,16-/m0/s1. The van der Waals surface area contributed by atoms with E-state index in [1.807, 2.05) is 0 Å². The number of halogens is 4. The minimum atomic E-state index is -4.70. The van der Waals surface area contributed by atoms with Crippen molar-refractivity contribution in [2.24, 2.45) is 13.0 Å². The molecule has 1 aromatic carbocycles. The highest BCUT2D eigenvalue weighted by Gasteiger charge is 2.65. The number of alkyl halides is 3. The smallest absolute Gasteiger partial charge is 0.411 e. The molecule has 11 nitrogen and oxygen atoms in total. The van der Waals surface area contributed by atoms with Crippen LogP contribution in [0.5, 0.6) is 5.75 Å². The second kappa shape index (κ2) is 9.47. The molecular weight excluding hydrogens is 562 g/mol. The van der Waals surface area contributed by atoms with Gasteiger partial charge in [0.2, 0.25) is 10.0 Å². The molecular formula is C24H25F4N5O6S. The van der Waals surface area contributed by atoms with Gasteiger partial charge in [0.05, 0.1) is 6.61 Å². The first-order chi connectivity index (χ1) is 18.6. The van der Waals surface area contributed by atoms with Gasteiger partial charge in [0.25, 0.3) is 5.91 Å². The van der Waals surface area contributed by atoms with Gasteiger partial charge in [-0.25, -0.2) is 17.5 Å². The summed E-state index contributed by atoms with van der Waals surface area (Å²) in [6.45, 7) is 0.910. The first kappa shape index (κ1) is 27.9. The van der Waals surface area contributed by atoms with Gasteiger partial charge in [-0.2, -0.15) is 13.2 Å². The van der Waals surface area contributed by atoms with Crippen molar-refractivity contribution in [3.8, 4) is 5.75 Å². The lowest BCUT2D eigenvalue weighted by Crippen LogP contribution is -2.53. The van der Waals surface area contributed by atoms with E-state index in [1.165, 1.54) is 42.9 Å². The molecule has 3 amide bonds. The van der Waals surface area contributed by atoms with E-state index >= 15 is 0 Å². The number of sulfonamides is 1. The number of amides is 3. The number of aryl methyl sites for hydroxylation is 2. The first-order valence-electron chi connectivity index (χ1n) is 12.2. The number of carbonyl (C=O) groups excluding carboxylic acids is 3. The minimum absolute atomic E-state index is 0.131. The summed E-state index contributed by atoms with van der Waals surface area (Å²) >= 11 is 0. The third-order valence-corrected chi connectivity index (χ3v) is 8.82. The van der Waals surface area contributed by atoms with Crippen LogP contribution < -0.4 is 20.1 Å². The second-order valence-corrected chi connectivity index (χ2v) is 11.9. The SMILES string of the molecule is Cc1cc(NC(=O)c2c3c(cn2C)S(=O)(=O)N[C@H]2CN(C(=O)C(=O)NC4(C(F)(F)F)CC4)C[C@H]2CO3)ccc1F. The Morgan fingerprint density at radius 1 is 1.18 bits per heavy atom. The van der Waals surface area contributed by atoms with Crippen LogP contribution in [0, 0.1) is 18.7 Å². The third kappa shape index (κ3) is 4.89. The Labute approximate surface area is 225 Å². The summed E-state index contributed by atoms with van der Waals surface area (Å²) in [7, 11) is -2.85. The summed E-state index contributed by atoms with van der Waals surface area (Å²) in [5.74, 6) is -4.74. The number of nitrogens with zero attached hydrogens (tertiary/aromatic N) is 2. The molecule has 3 heterocycles. The molecule has 0 spiro atoms. The van der Waals surface area contributed by atoms with Crippen LogP contribution in [0.1, 0.15) is 28.9 Å². The fourth-order valence-corrected chi connectivity index (χ4v) is 6.38. The molecule has 2 aliphatic heterocycles. The largest absolute Gasteiger partial charge is 0.489 e. The molecule has 0 radical (unpaired) electrons. The summed E-state index contributed by atoms with van der Waals surface area (Å²) in [5.41, 5.74) is -1.99. The van der Waals surface area contributed by atoms with E-state index in [9.17, 15) is 40.4 Å². The zero-order valence-corrected chi connectivity index (χ0v) is 22.1. The van der Waals surface area contributed by atoms with Crippen molar-refractivity contribution in [2.45, 2.75) is 42.4 Å². The number of carbonyl (C=O) groups is 3. The van der Waals surface area contributed by atoms with Gasteiger partial charge in [0, 0.05) is 44.0 Å². The van der Waals surface area contributed by atoms with Gasteiger partial charge in [0.15, 0.2) is 11.4 Å². The Bertz CT molecular complexity index is 1520. The van der Waals surface area contributed by atoms with Crippen molar-refractivity contribution >= 4 is 33.4 Å². The summed E-state index contributed by atoms with van der Waals surface area (Å²) in [6.07, 6.45) is -4.18. The summed E-state index contributed by atoms with van der Waals surface area (Å²) in [5, 5.41) is 4.36. The first-order valence-corrected chi connectivity index (χ1v) is 13.7. The Hall–Kier alpha value is -3.66. The highest BCUT2D eigenvalue weighted by molar-refractivity contribution is 7.89. The number of ether oxygens (including phenoxy) is 1. The number of aromatic nitrogens is 1. The van der Waals surface area contributed by atoms with Gasteiger partial charge in [0.1, 0.15) is 16.3 Å². The highest BCUT2D eigenvalue weighted by Crippen LogP contribution is 2.49. The van der Waals surface area contributed by atoms with Crippen molar-refractivity contribution < 1.29 is 45.1 Å². The molecule has 5 rings (SSSR count). The number of likely N-dealkylation sites (tertiary alicyclic amines) is 1. The lowest BCUT2D eigenvalue weighted by atomic mass is 10.1. The number of benzene rings is 1. The molecule has 1 aromatic heterocycles. The molecule has 2 fully saturated rings. The highest BCUT2D eigenvalue weighted by atomic mass is 32.2. The number of rotatable bonds is 3. The number of nitrogens with one attached hydrogen (secondary N) is 3. The maximum atomic E-state index is 13.6. The molecule has 2 atom stereocenters. The molecule has 1 aliphatic carbocycles. The Kier molecular flexibility index (Phi) is 6.60. The average molecular weight is 588 g/mol. The molecule has 2 aromatic rings. The van der Waals surface area contributed by atoms with Crippen LogP contribution >= 0.6 is 0 Å². The molecule has 3 aliphatic rings. The fourth-order valence-electron chi connectivity index (χ4n) is 4.89. The topological polar surface area (TPSA) is 139 Å². The molecule has 216 valence electrons. The third-order valence-electron chi connectivity index (χ3n) is 7.34. The van der Waals surface area contributed by atoms with Gasteiger partial charge >= 0.3 is 18.0 Å². The maximum absolute atomic E-state index is 13.6. The maximum Gasteiger partial charge on any atom is 0.411 e. The van der Waals surface area contributed by atoms with Crippen LogP contribution in [0.25, 0.3) is 0 Å². The lowest BCUT2D eigenvalue weighted by Gasteiger charge is -2.23. The number of hydrogen-bond donors (Lipinski definition) is 3. The molecule has 3 N–H and O–H groups in total. The van der Waals surface area contributed by atoms with Crippen molar-refractivity contribution in [2.75, 3.05) is 25.0 Å². The Balaban J connectivity index is 1.34. The predicted molar refractivity (Wildman–Crippen MR) is 130 cm³/mol. The minimum Gasteiger partial charge on any atom is -0.489 e. The Morgan fingerprint density at radius 3 is 2.50 bits per heavy atom. The van der Waals surface area contributed by atoms with Crippen LogP contribution in [-0.4, -0.2) is 73.1 Å². The fraction of sp³-hybridized carbons (Fsp3) is 0.458. The van der Waals surface area contributed by atoms with Crippen LogP contribution in [0.2, 0.25) is 0 Å². The van der Waals surface area contributed by atoms with Gasteiger partial charge in [-0.3, -0.25) is 14.4 Å². The monoisotopic (exact) mass is 587 g/mol. The van der Waals surface area contributed by atoms with Gasteiger partial charge in [-0.15, -0.1) is 0 Å². The van der Waals surface area contributed by atoms with E-state index < -0.39 is 57.2 Å². The van der Waals surface area contributed by atoms with Crippen molar-refractivity contribution in [3.05, 3.63) is 41.5 Å². The van der Waals surface area contributed by atoms with Crippen LogP contribution in [0.15, 0.2) is 29.3 Å². The molecule has 1 saturated heterocycles. The van der Waals surface area contributed by atoms with Crippen molar-refractivity contribution in [3.63, 3.8) is 0 Å². The molecule has 1 saturated carbocycles.